The predicted octanol–water partition coefficient (Wildman–Crippen LogP) is 4.53. The molecule has 0 bridgehead atoms. The van der Waals surface area contributed by atoms with Crippen LogP contribution in [0.1, 0.15) is 32.1 Å². The van der Waals surface area contributed by atoms with E-state index < -0.39 is 0 Å². The molecule has 0 fully saturated rings. The van der Waals surface area contributed by atoms with Gasteiger partial charge in [-0.3, -0.25) is 0 Å². The molecule has 126 valence electrons. The van der Waals surface area contributed by atoms with Crippen LogP contribution < -0.4 is 15.4 Å². The van der Waals surface area contributed by atoms with Gasteiger partial charge in [0, 0.05) is 12.7 Å². The first-order valence-electron chi connectivity index (χ1n) is 8.50. The van der Waals surface area contributed by atoms with Gasteiger partial charge in [-0.05, 0) is 50.3 Å². The molecule has 5 nitrogen and oxygen atoms in total. The van der Waals surface area contributed by atoms with Crippen molar-refractivity contribution in [3.8, 4) is 5.75 Å². The Labute approximate surface area is 143 Å². The Morgan fingerprint density at radius 1 is 1.17 bits per heavy atom. The number of para-hydroxylation sites is 2. The van der Waals surface area contributed by atoms with Gasteiger partial charge in [-0.1, -0.05) is 23.8 Å². The number of anilines is 3. The van der Waals surface area contributed by atoms with Crippen molar-refractivity contribution in [3.05, 3.63) is 48.2 Å². The highest BCUT2D eigenvalue weighted by atomic mass is 16.5. The van der Waals surface area contributed by atoms with E-state index in [-0.39, 0.29) is 0 Å². The molecule has 0 atom stereocenters. The first-order chi connectivity index (χ1) is 11.8. The summed E-state index contributed by atoms with van der Waals surface area (Å²) in [4.78, 5) is 8.80. The van der Waals surface area contributed by atoms with Crippen LogP contribution in [-0.2, 0) is 0 Å². The van der Waals surface area contributed by atoms with Gasteiger partial charge in [-0.15, -0.1) is 0 Å². The quantitative estimate of drug-likeness (QED) is 0.733. The molecule has 0 spiro atoms. The minimum absolute atomic E-state index is 0.557. The van der Waals surface area contributed by atoms with Crippen molar-refractivity contribution in [2.75, 3.05) is 24.3 Å². The second kappa shape index (κ2) is 8.34. The van der Waals surface area contributed by atoms with Crippen LogP contribution in [0.2, 0.25) is 0 Å². The molecular formula is C19H24N4O. The summed E-state index contributed by atoms with van der Waals surface area (Å²) in [5.41, 5.74) is 2.42. The van der Waals surface area contributed by atoms with Crippen molar-refractivity contribution in [1.29, 1.82) is 0 Å². The molecule has 0 saturated heterocycles. The number of methoxy groups -OCH3 is 1. The molecule has 0 saturated carbocycles. The molecule has 1 aliphatic rings. The predicted molar refractivity (Wildman–Crippen MR) is 98.0 cm³/mol. The number of allylic oxidation sites excluding steroid dienone is 1. The molecule has 0 unspecified atom stereocenters. The second-order valence-electron chi connectivity index (χ2n) is 5.88. The van der Waals surface area contributed by atoms with Gasteiger partial charge in [-0.2, -0.15) is 4.98 Å². The minimum Gasteiger partial charge on any atom is -0.495 e. The van der Waals surface area contributed by atoms with Crippen molar-refractivity contribution in [2.45, 2.75) is 32.1 Å². The lowest BCUT2D eigenvalue weighted by Crippen LogP contribution is -2.07. The number of hydrogen-bond acceptors (Lipinski definition) is 5. The molecule has 3 rings (SSSR count). The summed E-state index contributed by atoms with van der Waals surface area (Å²) in [5, 5.41) is 6.59. The average Bonchev–Trinajstić information content (AvgIpc) is 2.63. The van der Waals surface area contributed by atoms with Crippen LogP contribution in [0.4, 0.5) is 17.5 Å². The summed E-state index contributed by atoms with van der Waals surface area (Å²) >= 11 is 0. The van der Waals surface area contributed by atoms with E-state index in [1.54, 1.807) is 18.9 Å². The average molecular weight is 324 g/mol. The lowest BCUT2D eigenvalue weighted by molar-refractivity contribution is 0.417. The van der Waals surface area contributed by atoms with Gasteiger partial charge in [0.15, 0.2) is 0 Å². The standard InChI is InChI=1S/C19H24N4O/c1-24-17-10-6-5-9-16(17)22-19-21-14-12-18(23-19)20-13-11-15-7-3-2-4-8-15/h5-7,9-10,12,14H,2-4,8,11,13H2,1H3,(H2,20,21,22,23). The lowest BCUT2D eigenvalue weighted by Gasteiger charge is -2.13. The highest BCUT2D eigenvalue weighted by Crippen LogP contribution is 2.25. The highest BCUT2D eigenvalue weighted by Gasteiger charge is 2.06. The number of benzene rings is 1. The van der Waals surface area contributed by atoms with E-state index in [0.29, 0.717) is 5.95 Å². The van der Waals surface area contributed by atoms with Crippen LogP contribution >= 0.6 is 0 Å². The van der Waals surface area contributed by atoms with Gasteiger partial charge < -0.3 is 15.4 Å². The Morgan fingerprint density at radius 2 is 2.08 bits per heavy atom. The summed E-state index contributed by atoms with van der Waals surface area (Å²) in [6, 6.07) is 9.62. The maximum absolute atomic E-state index is 5.34. The Balaban J connectivity index is 1.58. The molecule has 1 aromatic carbocycles. The van der Waals surface area contributed by atoms with E-state index >= 15 is 0 Å². The first-order valence-corrected chi connectivity index (χ1v) is 8.50. The molecular weight excluding hydrogens is 300 g/mol. The van der Waals surface area contributed by atoms with Gasteiger partial charge in [-0.25, -0.2) is 4.98 Å². The number of ether oxygens (including phenoxy) is 1. The fraction of sp³-hybridized carbons (Fsp3) is 0.368. The van der Waals surface area contributed by atoms with E-state index in [0.717, 1.165) is 30.2 Å². The third kappa shape index (κ3) is 4.47. The molecule has 5 heteroatoms. The summed E-state index contributed by atoms with van der Waals surface area (Å²) in [5.74, 6) is 2.16. The number of rotatable bonds is 7. The third-order valence-corrected chi connectivity index (χ3v) is 4.15. The van der Waals surface area contributed by atoms with Gasteiger partial charge >= 0.3 is 0 Å². The highest BCUT2D eigenvalue weighted by molar-refractivity contribution is 5.62. The van der Waals surface area contributed by atoms with Gasteiger partial charge in [0.2, 0.25) is 5.95 Å². The SMILES string of the molecule is COc1ccccc1Nc1nccc(NCCC2=CCCCC2)n1. The van der Waals surface area contributed by atoms with Crippen molar-refractivity contribution >= 4 is 17.5 Å². The maximum Gasteiger partial charge on any atom is 0.229 e. The zero-order valence-corrected chi connectivity index (χ0v) is 14.1. The van der Waals surface area contributed by atoms with Gasteiger partial charge in [0.05, 0.1) is 12.8 Å². The largest absolute Gasteiger partial charge is 0.495 e. The Hall–Kier alpha value is -2.56. The van der Waals surface area contributed by atoms with E-state index in [1.165, 1.54) is 25.7 Å². The molecule has 1 aromatic heterocycles. The maximum atomic E-state index is 5.34. The van der Waals surface area contributed by atoms with Gasteiger partial charge in [0.25, 0.3) is 0 Å². The third-order valence-electron chi connectivity index (χ3n) is 4.15. The van der Waals surface area contributed by atoms with Crippen molar-refractivity contribution in [1.82, 2.24) is 9.97 Å². The Bertz CT molecular complexity index is 699. The van der Waals surface area contributed by atoms with E-state index in [4.69, 9.17) is 4.74 Å². The van der Waals surface area contributed by atoms with Crippen LogP contribution in [0.5, 0.6) is 5.75 Å². The summed E-state index contributed by atoms with van der Waals surface area (Å²) < 4.78 is 5.34. The van der Waals surface area contributed by atoms with Crippen molar-refractivity contribution in [3.63, 3.8) is 0 Å². The molecule has 1 aliphatic carbocycles. The number of nitrogens with one attached hydrogen (secondary N) is 2. The van der Waals surface area contributed by atoms with E-state index in [2.05, 4.69) is 26.7 Å². The minimum atomic E-state index is 0.557. The molecule has 2 N–H and O–H groups in total. The Kier molecular flexibility index (Phi) is 5.66. The van der Waals surface area contributed by atoms with Crippen LogP contribution in [0.25, 0.3) is 0 Å². The molecule has 0 radical (unpaired) electrons. The van der Waals surface area contributed by atoms with E-state index in [1.807, 2.05) is 30.3 Å². The van der Waals surface area contributed by atoms with E-state index in [9.17, 15) is 0 Å². The second-order valence-corrected chi connectivity index (χ2v) is 5.88. The van der Waals surface area contributed by atoms with Crippen LogP contribution in [0.3, 0.4) is 0 Å². The molecule has 0 aliphatic heterocycles. The summed E-state index contributed by atoms with van der Waals surface area (Å²) in [7, 11) is 1.65. The monoisotopic (exact) mass is 324 g/mol. The summed E-state index contributed by atoms with van der Waals surface area (Å²) in [6.07, 6.45) is 10.4. The fourth-order valence-electron chi connectivity index (χ4n) is 2.87. The zero-order valence-electron chi connectivity index (χ0n) is 14.1. The summed E-state index contributed by atoms with van der Waals surface area (Å²) in [6.45, 7) is 0.900. The molecule has 0 amide bonds. The number of nitrogens with zero attached hydrogens (tertiary/aromatic N) is 2. The number of hydrogen-bond donors (Lipinski definition) is 2. The van der Waals surface area contributed by atoms with Crippen LogP contribution in [0, 0.1) is 0 Å². The molecule has 24 heavy (non-hydrogen) atoms. The van der Waals surface area contributed by atoms with Crippen LogP contribution in [0.15, 0.2) is 48.2 Å². The number of aromatic nitrogens is 2. The topological polar surface area (TPSA) is 59.1 Å². The van der Waals surface area contributed by atoms with Crippen LogP contribution in [-0.4, -0.2) is 23.6 Å². The fourth-order valence-corrected chi connectivity index (χ4v) is 2.87. The smallest absolute Gasteiger partial charge is 0.229 e. The van der Waals surface area contributed by atoms with Crippen molar-refractivity contribution in [2.24, 2.45) is 0 Å². The zero-order chi connectivity index (χ0) is 16.6. The Morgan fingerprint density at radius 3 is 2.92 bits per heavy atom. The first kappa shape index (κ1) is 16.3. The van der Waals surface area contributed by atoms with Gasteiger partial charge in [0.1, 0.15) is 11.6 Å². The molecule has 2 aromatic rings. The lowest BCUT2D eigenvalue weighted by atomic mass is 9.97. The normalized spacial score (nSPS) is 14.0. The van der Waals surface area contributed by atoms with Crippen molar-refractivity contribution < 1.29 is 4.74 Å². The molecule has 1 heterocycles.